The van der Waals surface area contributed by atoms with E-state index in [0.29, 0.717) is 30.7 Å². The van der Waals surface area contributed by atoms with Gasteiger partial charge in [-0.1, -0.05) is 18.2 Å². The SMILES string of the molecule is CC(=O)C(C)C(C)=O.CC(=O)C(C)C(C)=O.NCCNCCNC(=O)c1cccc2nc3ccccc3nc12.[Co]. The number of aromatic nitrogens is 2. The normalized spacial score (nSPS) is 10.1. The monoisotopic (exact) mass is 596 g/mol. The summed E-state index contributed by atoms with van der Waals surface area (Å²) < 4.78 is 0. The van der Waals surface area contributed by atoms with E-state index in [1.807, 2.05) is 36.4 Å². The van der Waals surface area contributed by atoms with Crippen molar-refractivity contribution in [2.45, 2.75) is 41.5 Å². The molecule has 1 amide bonds. The molecule has 0 bridgehead atoms. The molecule has 4 N–H and O–H groups in total. The topological polar surface area (TPSA) is 161 Å². The van der Waals surface area contributed by atoms with E-state index >= 15 is 0 Å². The number of nitrogens with two attached hydrogens (primary N) is 1. The van der Waals surface area contributed by atoms with Crippen molar-refractivity contribution >= 4 is 51.1 Å². The molecule has 0 saturated heterocycles. The summed E-state index contributed by atoms with van der Waals surface area (Å²) in [4.78, 5) is 63.0. The van der Waals surface area contributed by atoms with Crippen LogP contribution < -0.4 is 16.4 Å². The number of ketones is 4. The average molecular weight is 597 g/mol. The molecular weight excluding hydrogens is 557 g/mol. The van der Waals surface area contributed by atoms with Gasteiger partial charge in [-0.15, -0.1) is 0 Å². The largest absolute Gasteiger partial charge is 0.351 e. The van der Waals surface area contributed by atoms with Crippen LogP contribution in [0.2, 0.25) is 0 Å². The first-order valence-corrected chi connectivity index (χ1v) is 12.8. The zero-order valence-electron chi connectivity index (χ0n) is 23.9. The Kier molecular flexibility index (Phi) is 17.2. The van der Waals surface area contributed by atoms with Crippen LogP contribution in [-0.2, 0) is 36.0 Å². The van der Waals surface area contributed by atoms with E-state index in [0.717, 1.165) is 23.1 Å². The molecule has 1 radical (unpaired) electrons. The summed E-state index contributed by atoms with van der Waals surface area (Å²) in [6, 6.07) is 13.1. The van der Waals surface area contributed by atoms with Crippen molar-refractivity contribution < 1.29 is 40.8 Å². The van der Waals surface area contributed by atoms with Crippen molar-refractivity contribution in [2.75, 3.05) is 26.2 Å². The molecule has 3 rings (SSSR count). The van der Waals surface area contributed by atoms with E-state index < -0.39 is 11.8 Å². The third-order valence-corrected chi connectivity index (χ3v) is 5.96. The quantitative estimate of drug-likeness (QED) is 0.182. The smallest absolute Gasteiger partial charge is 0.253 e. The fraction of sp³-hybridized carbons (Fsp3) is 0.414. The number of carbonyl (C=O) groups is 5. The van der Waals surface area contributed by atoms with E-state index in [2.05, 4.69) is 20.6 Å². The Labute approximate surface area is 245 Å². The molecule has 2 aromatic carbocycles. The Morgan fingerprint density at radius 3 is 1.62 bits per heavy atom. The summed E-state index contributed by atoms with van der Waals surface area (Å²) >= 11 is 0. The van der Waals surface area contributed by atoms with Gasteiger partial charge in [-0.05, 0) is 65.8 Å². The van der Waals surface area contributed by atoms with Crippen LogP contribution in [0.4, 0.5) is 0 Å². The molecule has 0 unspecified atom stereocenters. The summed E-state index contributed by atoms with van der Waals surface area (Å²) in [5.41, 5.74) is 8.89. The minimum atomic E-state index is -0.407. The van der Waals surface area contributed by atoms with Crippen molar-refractivity contribution in [3.63, 3.8) is 0 Å². The number of nitrogens with zero attached hydrogens (tertiary/aromatic N) is 2. The fourth-order valence-electron chi connectivity index (χ4n) is 2.98. The van der Waals surface area contributed by atoms with Gasteiger partial charge in [0, 0.05) is 43.0 Å². The third kappa shape index (κ3) is 12.2. The van der Waals surface area contributed by atoms with Crippen LogP contribution in [0, 0.1) is 11.8 Å². The molecule has 0 aliphatic heterocycles. The molecular formula is C29H39CoN5O5. The number of hydrogen-bond acceptors (Lipinski definition) is 9. The number of Topliss-reactive ketones (excluding diaryl/α,β-unsaturated/α-hetero) is 4. The van der Waals surface area contributed by atoms with Crippen LogP contribution in [0.1, 0.15) is 51.9 Å². The van der Waals surface area contributed by atoms with Crippen LogP contribution in [0.3, 0.4) is 0 Å². The van der Waals surface area contributed by atoms with Gasteiger partial charge < -0.3 is 16.4 Å². The predicted molar refractivity (Wildman–Crippen MR) is 152 cm³/mol. The van der Waals surface area contributed by atoms with Gasteiger partial charge in [-0.2, -0.15) is 0 Å². The molecule has 3 aromatic rings. The van der Waals surface area contributed by atoms with E-state index in [1.54, 1.807) is 19.9 Å². The first-order chi connectivity index (χ1) is 18.4. The summed E-state index contributed by atoms with van der Waals surface area (Å²) in [5.74, 6) is -1.19. The number of carbonyl (C=O) groups excluding carboxylic acids is 5. The molecule has 0 fully saturated rings. The Morgan fingerprint density at radius 1 is 0.700 bits per heavy atom. The van der Waals surface area contributed by atoms with E-state index in [-0.39, 0.29) is 45.8 Å². The van der Waals surface area contributed by atoms with Crippen molar-refractivity contribution in [1.82, 2.24) is 20.6 Å². The second kappa shape index (κ2) is 18.8. The van der Waals surface area contributed by atoms with E-state index in [9.17, 15) is 24.0 Å². The van der Waals surface area contributed by atoms with Gasteiger partial charge in [-0.3, -0.25) is 24.0 Å². The number of nitrogens with one attached hydrogen (secondary N) is 2. The molecule has 0 aliphatic rings. The molecule has 219 valence electrons. The molecule has 0 spiro atoms. The Morgan fingerprint density at radius 2 is 1.18 bits per heavy atom. The Bertz CT molecular complexity index is 1260. The zero-order chi connectivity index (χ0) is 29.5. The van der Waals surface area contributed by atoms with Gasteiger partial charge in [0.15, 0.2) is 0 Å². The number of rotatable bonds is 10. The van der Waals surface area contributed by atoms with Crippen molar-refractivity contribution in [3.05, 3.63) is 48.0 Å². The van der Waals surface area contributed by atoms with E-state index in [1.165, 1.54) is 27.7 Å². The number of para-hydroxylation sites is 3. The summed E-state index contributed by atoms with van der Waals surface area (Å²) in [7, 11) is 0. The molecule has 1 heterocycles. The minimum Gasteiger partial charge on any atom is -0.351 e. The van der Waals surface area contributed by atoms with Crippen LogP contribution in [0.5, 0.6) is 0 Å². The molecule has 11 heteroatoms. The number of fused-ring (bicyclic) bond motifs is 2. The third-order valence-electron chi connectivity index (χ3n) is 5.96. The van der Waals surface area contributed by atoms with Crippen LogP contribution >= 0.6 is 0 Å². The Hall–Kier alpha value is -3.38. The first kappa shape index (κ1) is 36.6. The standard InChI is InChI=1S/C17H19N5O.2C6H10O2.Co/c18-8-9-19-10-11-20-17(23)12-4-3-7-15-16(12)22-14-6-2-1-5-13(14)21-15;2*1-4(5(2)7)6(3)8;/h1-7,19H,8-11,18H2,(H,20,23);2*4H,1-3H3;. The molecule has 0 saturated carbocycles. The fourth-order valence-corrected chi connectivity index (χ4v) is 2.98. The average Bonchev–Trinajstić information content (AvgIpc) is 2.90. The summed E-state index contributed by atoms with van der Waals surface area (Å²) in [6.07, 6.45) is 0. The maximum atomic E-state index is 12.4. The molecule has 0 atom stereocenters. The van der Waals surface area contributed by atoms with Gasteiger partial charge in [-0.25, -0.2) is 9.97 Å². The molecule has 1 aromatic heterocycles. The summed E-state index contributed by atoms with van der Waals surface area (Å²) in [6.45, 7) is 11.5. The number of hydrogen-bond donors (Lipinski definition) is 3. The second-order valence-corrected chi connectivity index (χ2v) is 9.07. The number of benzene rings is 2. The zero-order valence-corrected chi connectivity index (χ0v) is 24.9. The van der Waals surface area contributed by atoms with Crippen molar-refractivity contribution in [2.24, 2.45) is 17.6 Å². The first-order valence-electron chi connectivity index (χ1n) is 12.8. The van der Waals surface area contributed by atoms with Gasteiger partial charge in [0.25, 0.3) is 5.91 Å². The maximum absolute atomic E-state index is 12.4. The molecule has 10 nitrogen and oxygen atoms in total. The molecule has 40 heavy (non-hydrogen) atoms. The van der Waals surface area contributed by atoms with Crippen LogP contribution in [0.15, 0.2) is 42.5 Å². The van der Waals surface area contributed by atoms with Crippen molar-refractivity contribution in [3.8, 4) is 0 Å². The second-order valence-electron chi connectivity index (χ2n) is 9.07. The minimum absolute atomic E-state index is 0. The van der Waals surface area contributed by atoms with Crippen LogP contribution in [0.25, 0.3) is 22.1 Å². The summed E-state index contributed by atoms with van der Waals surface area (Å²) in [5, 5.41) is 6.02. The van der Waals surface area contributed by atoms with Crippen LogP contribution in [-0.4, -0.2) is 65.2 Å². The van der Waals surface area contributed by atoms with Crippen molar-refractivity contribution in [1.29, 1.82) is 0 Å². The predicted octanol–water partition coefficient (Wildman–Crippen LogP) is 2.66. The molecule has 0 aliphatic carbocycles. The van der Waals surface area contributed by atoms with Gasteiger partial charge in [0.1, 0.15) is 28.6 Å². The van der Waals surface area contributed by atoms with Gasteiger partial charge in [0.2, 0.25) is 0 Å². The van der Waals surface area contributed by atoms with Gasteiger partial charge >= 0.3 is 0 Å². The van der Waals surface area contributed by atoms with Gasteiger partial charge in [0.05, 0.1) is 33.9 Å². The Balaban J connectivity index is 0.000000744. The van der Waals surface area contributed by atoms with E-state index in [4.69, 9.17) is 5.73 Å². The maximum Gasteiger partial charge on any atom is 0.253 e. The number of amides is 1.